The van der Waals surface area contributed by atoms with Gasteiger partial charge in [0.15, 0.2) is 5.56 Å². The van der Waals surface area contributed by atoms with Crippen molar-refractivity contribution in [3.8, 4) is 6.07 Å². The second kappa shape index (κ2) is 5.45. The third kappa shape index (κ3) is 3.16. The van der Waals surface area contributed by atoms with Crippen molar-refractivity contribution in [1.82, 2.24) is 4.37 Å². The summed E-state index contributed by atoms with van der Waals surface area (Å²) in [5, 5.41) is 12.2. The van der Waals surface area contributed by atoms with E-state index in [2.05, 4.69) is 9.69 Å². The summed E-state index contributed by atoms with van der Waals surface area (Å²) >= 11 is 1.16. The molecule has 0 saturated carbocycles. The van der Waals surface area contributed by atoms with Gasteiger partial charge in [0.25, 0.3) is 5.56 Å². The van der Waals surface area contributed by atoms with Crippen molar-refractivity contribution in [2.24, 2.45) is 0 Å². The van der Waals surface area contributed by atoms with E-state index in [-0.39, 0.29) is 46.7 Å². The Kier molecular flexibility index (Phi) is 5.33. The average molecular weight is 206 g/mol. The molecule has 0 saturated heterocycles. The van der Waals surface area contributed by atoms with E-state index in [1.54, 1.807) is 0 Å². The van der Waals surface area contributed by atoms with Crippen LogP contribution in [-0.2, 0) is 0 Å². The van der Waals surface area contributed by atoms with Gasteiger partial charge >= 0.3 is 29.6 Å². The Morgan fingerprint density at radius 2 is 2.23 bits per heavy atom. The predicted octanol–water partition coefficient (Wildman–Crippen LogP) is -1.87. The molecule has 13 heavy (non-hydrogen) atoms. The van der Waals surface area contributed by atoms with E-state index in [4.69, 9.17) is 5.26 Å². The molecule has 64 valence electrons. The zero-order chi connectivity index (χ0) is 9.14. The third-order valence-electron chi connectivity index (χ3n) is 1.23. The summed E-state index contributed by atoms with van der Waals surface area (Å²) in [5.41, 5.74) is -0.139. The van der Waals surface area contributed by atoms with Gasteiger partial charge in [-0.25, -0.2) is 0 Å². The molecule has 2 N–H and O–H groups in total. The minimum Gasteiger partial charge on any atom is -0.372 e. The number of rotatable bonds is 2. The fraction of sp³-hybridized carbons (Fsp3) is 0.429. The summed E-state index contributed by atoms with van der Waals surface area (Å²) in [6.07, 6.45) is 0. The van der Waals surface area contributed by atoms with E-state index in [1.807, 2.05) is 19.9 Å². The first kappa shape index (κ1) is 12.7. The van der Waals surface area contributed by atoms with Gasteiger partial charge in [-0.05, 0) is 25.4 Å². The van der Waals surface area contributed by atoms with Crippen LogP contribution in [0.1, 0.15) is 19.4 Å². The Labute approximate surface area is 102 Å². The van der Waals surface area contributed by atoms with Crippen LogP contribution in [0.25, 0.3) is 0 Å². The standard InChI is InChI=1S/C7H9N3OS.Na/c1-4(2)9-7-5(3-8)6(11)10-12-7;/h4,9H,1-2H3,(H,10,11);/q;+1. The minimum absolute atomic E-state index is 0. The van der Waals surface area contributed by atoms with E-state index < -0.39 is 0 Å². The molecule has 0 bridgehead atoms. The molecule has 6 heteroatoms. The maximum Gasteiger partial charge on any atom is 1.00 e. The molecular weight excluding hydrogens is 197 g/mol. The van der Waals surface area contributed by atoms with Crippen LogP contribution in [0.3, 0.4) is 0 Å². The summed E-state index contributed by atoms with van der Waals surface area (Å²) in [6, 6.07) is 2.08. The van der Waals surface area contributed by atoms with Crippen molar-refractivity contribution >= 4 is 16.5 Å². The molecule has 1 aromatic rings. The molecule has 0 atom stereocenters. The van der Waals surface area contributed by atoms with Gasteiger partial charge in [0.1, 0.15) is 11.1 Å². The molecule has 0 unspecified atom stereocenters. The van der Waals surface area contributed by atoms with Gasteiger partial charge < -0.3 is 5.32 Å². The molecule has 1 heterocycles. The van der Waals surface area contributed by atoms with E-state index in [9.17, 15) is 4.79 Å². The van der Waals surface area contributed by atoms with Crippen LogP contribution in [0.2, 0.25) is 0 Å². The molecule has 1 rings (SSSR count). The predicted molar refractivity (Wildman–Crippen MR) is 48.4 cm³/mol. The number of nitrogens with one attached hydrogen (secondary N) is 2. The van der Waals surface area contributed by atoms with Crippen LogP contribution in [0, 0.1) is 11.3 Å². The minimum atomic E-state index is -0.314. The summed E-state index contributed by atoms with van der Waals surface area (Å²) in [7, 11) is 0. The zero-order valence-corrected chi connectivity index (χ0v) is 10.7. The first-order chi connectivity index (χ1) is 5.65. The first-order valence-corrected chi connectivity index (χ1v) is 4.35. The molecule has 0 aliphatic rings. The Morgan fingerprint density at radius 3 is 2.69 bits per heavy atom. The molecule has 1 aromatic heterocycles. The number of nitrogens with zero attached hydrogens (tertiary/aromatic N) is 1. The Balaban J connectivity index is 0.00000144. The second-order valence-electron chi connectivity index (χ2n) is 2.65. The van der Waals surface area contributed by atoms with Crippen molar-refractivity contribution in [2.45, 2.75) is 19.9 Å². The van der Waals surface area contributed by atoms with Gasteiger partial charge in [0.05, 0.1) is 0 Å². The van der Waals surface area contributed by atoms with Crippen molar-refractivity contribution in [3.05, 3.63) is 15.9 Å². The molecule has 0 spiro atoms. The Bertz CT molecular complexity index is 363. The number of aromatic nitrogens is 1. The zero-order valence-electron chi connectivity index (χ0n) is 7.84. The summed E-state index contributed by atoms with van der Waals surface area (Å²) in [6.45, 7) is 3.90. The van der Waals surface area contributed by atoms with Gasteiger partial charge in [-0.1, -0.05) is 0 Å². The van der Waals surface area contributed by atoms with Crippen molar-refractivity contribution < 1.29 is 29.6 Å². The van der Waals surface area contributed by atoms with Crippen LogP contribution in [-0.4, -0.2) is 10.4 Å². The number of anilines is 1. The fourth-order valence-corrected chi connectivity index (χ4v) is 1.60. The van der Waals surface area contributed by atoms with Crippen LogP contribution < -0.4 is 40.4 Å². The second-order valence-corrected chi connectivity index (χ2v) is 3.46. The number of hydrogen-bond acceptors (Lipinski definition) is 4. The SMILES string of the molecule is CC(C)Nc1s[nH]c(=O)c1C#N.[Na+]. The van der Waals surface area contributed by atoms with E-state index >= 15 is 0 Å². The Hall–Kier alpha value is -0.280. The molecule has 0 aliphatic heterocycles. The quantitative estimate of drug-likeness (QED) is 0.557. The molecule has 0 amide bonds. The molecular formula is C7H9N3NaOS+. The van der Waals surface area contributed by atoms with Crippen LogP contribution in [0.15, 0.2) is 4.79 Å². The van der Waals surface area contributed by atoms with Gasteiger partial charge in [0.2, 0.25) is 0 Å². The van der Waals surface area contributed by atoms with Gasteiger partial charge in [0, 0.05) is 6.04 Å². The molecule has 0 radical (unpaired) electrons. The van der Waals surface area contributed by atoms with Gasteiger partial charge in [-0.2, -0.15) is 5.26 Å². The molecule has 0 fully saturated rings. The normalized spacial score (nSPS) is 9.08. The fourth-order valence-electron chi connectivity index (χ4n) is 0.768. The van der Waals surface area contributed by atoms with Crippen LogP contribution >= 0.6 is 11.5 Å². The van der Waals surface area contributed by atoms with Crippen molar-refractivity contribution in [1.29, 1.82) is 5.26 Å². The monoisotopic (exact) mass is 206 g/mol. The Morgan fingerprint density at radius 1 is 1.62 bits per heavy atom. The van der Waals surface area contributed by atoms with Gasteiger partial charge in [-0.3, -0.25) is 9.17 Å². The van der Waals surface area contributed by atoms with Crippen LogP contribution in [0.4, 0.5) is 5.00 Å². The summed E-state index contributed by atoms with van der Waals surface area (Å²) in [5.74, 6) is 0. The smallest absolute Gasteiger partial charge is 0.372 e. The molecule has 0 aromatic carbocycles. The largest absolute Gasteiger partial charge is 1.00 e. The average Bonchev–Trinajstić information content (AvgIpc) is 2.30. The summed E-state index contributed by atoms with van der Waals surface area (Å²) in [4.78, 5) is 10.9. The van der Waals surface area contributed by atoms with Crippen molar-refractivity contribution in [2.75, 3.05) is 5.32 Å². The number of aromatic amines is 1. The van der Waals surface area contributed by atoms with Crippen molar-refractivity contribution in [3.63, 3.8) is 0 Å². The topological polar surface area (TPSA) is 68.7 Å². The van der Waals surface area contributed by atoms with Crippen LogP contribution in [0.5, 0.6) is 0 Å². The maximum absolute atomic E-state index is 10.9. The molecule has 4 nitrogen and oxygen atoms in total. The number of nitriles is 1. The first-order valence-electron chi connectivity index (χ1n) is 3.53. The third-order valence-corrected chi connectivity index (χ3v) is 2.05. The number of hydrogen-bond donors (Lipinski definition) is 2. The maximum atomic E-state index is 10.9. The van der Waals surface area contributed by atoms with Gasteiger partial charge in [-0.15, -0.1) is 0 Å². The number of H-pyrrole nitrogens is 1. The van der Waals surface area contributed by atoms with E-state index in [0.717, 1.165) is 11.5 Å². The summed E-state index contributed by atoms with van der Waals surface area (Å²) < 4.78 is 2.49. The van der Waals surface area contributed by atoms with E-state index in [1.165, 1.54) is 0 Å². The van der Waals surface area contributed by atoms with E-state index in [0.29, 0.717) is 5.00 Å². The molecule has 0 aliphatic carbocycles.